The average Bonchev–Trinajstić information content (AvgIpc) is 2.45. The van der Waals surface area contributed by atoms with E-state index < -0.39 is 33.8 Å². The van der Waals surface area contributed by atoms with Crippen molar-refractivity contribution in [2.45, 2.75) is 0 Å². The second-order valence-electron chi connectivity index (χ2n) is 3.95. The van der Waals surface area contributed by atoms with Crippen LogP contribution in [0.3, 0.4) is 0 Å². The molecule has 0 atom stereocenters. The van der Waals surface area contributed by atoms with Crippen LogP contribution in [0.25, 0.3) is 0 Å². The summed E-state index contributed by atoms with van der Waals surface area (Å²) < 4.78 is 18.2. The minimum atomic E-state index is -0.905. The van der Waals surface area contributed by atoms with Crippen LogP contribution >= 0.6 is 0 Å². The lowest BCUT2D eigenvalue weighted by molar-refractivity contribution is -0.384. The molecule has 0 saturated carbocycles. The number of benzene rings is 1. The molecule has 21 heavy (non-hydrogen) atoms. The summed E-state index contributed by atoms with van der Waals surface area (Å²) in [5.41, 5.74) is -0.903. The molecule has 0 radical (unpaired) electrons. The van der Waals surface area contributed by atoms with Gasteiger partial charge in [0, 0.05) is 25.8 Å². The summed E-state index contributed by atoms with van der Waals surface area (Å²) in [6.45, 7) is 0.222. The first-order valence-corrected chi connectivity index (χ1v) is 5.93. The molecular weight excluding hydrogens is 285 g/mol. The number of nitro groups is 1. The van der Waals surface area contributed by atoms with Gasteiger partial charge in [0.1, 0.15) is 5.82 Å². The van der Waals surface area contributed by atoms with Gasteiger partial charge >= 0.3 is 0 Å². The van der Waals surface area contributed by atoms with Gasteiger partial charge in [0.25, 0.3) is 11.6 Å². The predicted molar refractivity (Wildman–Crippen MR) is 70.3 cm³/mol. The Morgan fingerprint density at radius 1 is 1.38 bits per heavy atom. The lowest BCUT2D eigenvalue weighted by Gasteiger charge is -2.07. The molecule has 0 aliphatic carbocycles. The van der Waals surface area contributed by atoms with Crippen LogP contribution in [0.4, 0.5) is 10.1 Å². The zero-order valence-corrected chi connectivity index (χ0v) is 11.2. The van der Waals surface area contributed by atoms with Gasteiger partial charge < -0.3 is 15.4 Å². The van der Waals surface area contributed by atoms with Crippen molar-refractivity contribution in [1.29, 1.82) is 0 Å². The minimum absolute atomic E-state index is 0.274. The molecule has 0 heterocycles. The predicted octanol–water partition coefficient (Wildman–Crippen LogP) is 0.226. The summed E-state index contributed by atoms with van der Waals surface area (Å²) in [5.74, 6) is -2.29. The third kappa shape index (κ3) is 5.15. The van der Waals surface area contributed by atoms with E-state index in [-0.39, 0.29) is 13.1 Å². The van der Waals surface area contributed by atoms with Gasteiger partial charge in [0.2, 0.25) is 5.91 Å². The highest BCUT2D eigenvalue weighted by molar-refractivity contribution is 5.97. The Bertz CT molecular complexity index is 550. The van der Waals surface area contributed by atoms with Crippen LogP contribution < -0.4 is 10.6 Å². The Balaban J connectivity index is 2.61. The fourth-order valence-corrected chi connectivity index (χ4v) is 1.41. The van der Waals surface area contributed by atoms with E-state index in [0.717, 1.165) is 18.2 Å². The Labute approximate surface area is 119 Å². The standard InChI is InChI=1S/C12H14FN3O5/c1-21-5-4-14-11(17)7-15-12(18)9-6-8(16(19)20)2-3-10(9)13/h2-3,6H,4-5,7H2,1H3,(H,14,17)(H,15,18). The number of nitrogens with zero attached hydrogens (tertiary/aromatic N) is 1. The van der Waals surface area contributed by atoms with E-state index in [1.807, 2.05) is 0 Å². The molecule has 2 amide bonds. The van der Waals surface area contributed by atoms with Gasteiger partial charge in [0.05, 0.1) is 23.6 Å². The second-order valence-corrected chi connectivity index (χ2v) is 3.95. The van der Waals surface area contributed by atoms with Crippen LogP contribution in [-0.4, -0.2) is 43.5 Å². The molecule has 9 heteroatoms. The van der Waals surface area contributed by atoms with Crippen molar-refractivity contribution in [3.63, 3.8) is 0 Å². The fraction of sp³-hybridized carbons (Fsp3) is 0.333. The van der Waals surface area contributed by atoms with E-state index in [1.54, 1.807) is 0 Å². The molecule has 0 aliphatic heterocycles. The molecule has 0 fully saturated rings. The quantitative estimate of drug-likeness (QED) is 0.425. The SMILES string of the molecule is COCCNC(=O)CNC(=O)c1cc([N+](=O)[O-])ccc1F. The van der Waals surface area contributed by atoms with E-state index in [2.05, 4.69) is 10.6 Å². The lowest BCUT2D eigenvalue weighted by atomic mass is 10.1. The third-order valence-electron chi connectivity index (χ3n) is 2.44. The van der Waals surface area contributed by atoms with Gasteiger partial charge in [-0.15, -0.1) is 0 Å². The summed E-state index contributed by atoms with van der Waals surface area (Å²) in [7, 11) is 1.47. The number of ether oxygens (including phenoxy) is 1. The van der Waals surface area contributed by atoms with Crippen LogP contribution in [-0.2, 0) is 9.53 Å². The summed E-state index contributed by atoms with van der Waals surface area (Å²) in [6, 6.07) is 2.59. The molecule has 1 rings (SSSR count). The summed E-state index contributed by atoms with van der Waals surface area (Å²) in [5, 5.41) is 15.2. The molecule has 1 aromatic carbocycles. The number of carbonyl (C=O) groups excluding carboxylic acids is 2. The molecule has 0 unspecified atom stereocenters. The fourth-order valence-electron chi connectivity index (χ4n) is 1.41. The van der Waals surface area contributed by atoms with Crippen LogP contribution in [0.1, 0.15) is 10.4 Å². The molecule has 8 nitrogen and oxygen atoms in total. The Morgan fingerprint density at radius 2 is 2.10 bits per heavy atom. The number of nitrogens with one attached hydrogen (secondary N) is 2. The number of amides is 2. The topological polar surface area (TPSA) is 111 Å². The normalized spacial score (nSPS) is 10.0. The number of non-ortho nitro benzene ring substituents is 1. The molecule has 1 aromatic rings. The van der Waals surface area contributed by atoms with E-state index in [1.165, 1.54) is 7.11 Å². The molecule has 2 N–H and O–H groups in total. The maximum atomic E-state index is 13.5. The first-order valence-electron chi connectivity index (χ1n) is 5.93. The van der Waals surface area contributed by atoms with Crippen molar-refractivity contribution in [3.05, 3.63) is 39.7 Å². The van der Waals surface area contributed by atoms with Crippen molar-refractivity contribution in [3.8, 4) is 0 Å². The van der Waals surface area contributed by atoms with Crippen molar-refractivity contribution >= 4 is 17.5 Å². The zero-order chi connectivity index (χ0) is 15.8. The van der Waals surface area contributed by atoms with Gasteiger partial charge in [-0.3, -0.25) is 19.7 Å². The van der Waals surface area contributed by atoms with Gasteiger partial charge in [-0.25, -0.2) is 4.39 Å². The van der Waals surface area contributed by atoms with E-state index >= 15 is 0 Å². The summed E-state index contributed by atoms with van der Waals surface area (Å²) in [6.07, 6.45) is 0. The number of nitro benzene ring substituents is 1. The van der Waals surface area contributed by atoms with Crippen molar-refractivity contribution < 1.29 is 23.6 Å². The molecule has 0 spiro atoms. The molecular formula is C12H14FN3O5. The van der Waals surface area contributed by atoms with Crippen LogP contribution in [0.15, 0.2) is 18.2 Å². The van der Waals surface area contributed by atoms with Crippen molar-refractivity contribution in [1.82, 2.24) is 10.6 Å². The lowest BCUT2D eigenvalue weighted by Crippen LogP contribution is -2.38. The number of methoxy groups -OCH3 is 1. The van der Waals surface area contributed by atoms with Crippen molar-refractivity contribution in [2.75, 3.05) is 26.8 Å². The first kappa shape index (κ1) is 16.5. The molecule has 114 valence electrons. The number of hydrogen-bond donors (Lipinski definition) is 2. The average molecular weight is 299 g/mol. The maximum absolute atomic E-state index is 13.5. The Morgan fingerprint density at radius 3 is 2.71 bits per heavy atom. The van der Waals surface area contributed by atoms with Crippen LogP contribution in [0.2, 0.25) is 0 Å². The molecule has 0 aliphatic rings. The highest BCUT2D eigenvalue weighted by Gasteiger charge is 2.17. The van der Waals surface area contributed by atoms with Crippen LogP contribution in [0, 0.1) is 15.9 Å². The first-order chi connectivity index (χ1) is 9.95. The Kier molecular flexibility index (Phi) is 6.21. The highest BCUT2D eigenvalue weighted by atomic mass is 19.1. The summed E-state index contributed by atoms with van der Waals surface area (Å²) in [4.78, 5) is 32.9. The van der Waals surface area contributed by atoms with E-state index in [0.29, 0.717) is 6.61 Å². The van der Waals surface area contributed by atoms with Gasteiger partial charge in [0.15, 0.2) is 0 Å². The minimum Gasteiger partial charge on any atom is -0.383 e. The third-order valence-corrected chi connectivity index (χ3v) is 2.44. The summed E-state index contributed by atoms with van der Waals surface area (Å²) >= 11 is 0. The van der Waals surface area contributed by atoms with Gasteiger partial charge in [-0.1, -0.05) is 0 Å². The Hall–Kier alpha value is -2.55. The monoisotopic (exact) mass is 299 g/mol. The van der Waals surface area contributed by atoms with E-state index in [9.17, 15) is 24.1 Å². The van der Waals surface area contributed by atoms with Crippen LogP contribution in [0.5, 0.6) is 0 Å². The molecule has 0 saturated heterocycles. The van der Waals surface area contributed by atoms with Gasteiger partial charge in [-0.05, 0) is 6.07 Å². The van der Waals surface area contributed by atoms with Gasteiger partial charge in [-0.2, -0.15) is 0 Å². The smallest absolute Gasteiger partial charge is 0.270 e. The number of halogens is 1. The molecule has 0 aromatic heterocycles. The number of rotatable bonds is 7. The number of hydrogen-bond acceptors (Lipinski definition) is 5. The van der Waals surface area contributed by atoms with E-state index in [4.69, 9.17) is 4.74 Å². The number of carbonyl (C=O) groups is 2. The second kappa shape index (κ2) is 7.90. The zero-order valence-electron chi connectivity index (χ0n) is 11.2. The maximum Gasteiger partial charge on any atom is 0.270 e. The largest absolute Gasteiger partial charge is 0.383 e. The molecule has 0 bridgehead atoms. The van der Waals surface area contributed by atoms with Crippen molar-refractivity contribution in [2.24, 2.45) is 0 Å². The highest BCUT2D eigenvalue weighted by Crippen LogP contribution is 2.16.